The Kier molecular flexibility index (Phi) is 4.28. The van der Waals surface area contributed by atoms with E-state index in [1.165, 1.54) is 24.3 Å². The van der Waals surface area contributed by atoms with Gasteiger partial charge < -0.3 is 15.5 Å². The Hall–Kier alpha value is -2.34. The summed E-state index contributed by atoms with van der Waals surface area (Å²) in [5, 5.41) is 21.4. The average molecular weight is 350 g/mol. The second kappa shape index (κ2) is 5.97. The van der Waals surface area contributed by atoms with Crippen molar-refractivity contribution in [1.82, 2.24) is 0 Å². The van der Waals surface area contributed by atoms with Crippen LogP contribution in [0, 0.1) is 6.92 Å². The van der Waals surface area contributed by atoms with Crippen LogP contribution in [0.15, 0.2) is 40.9 Å². The van der Waals surface area contributed by atoms with E-state index in [0.717, 1.165) is 0 Å². The average Bonchev–Trinajstić information content (AvgIpc) is 2.43. The van der Waals surface area contributed by atoms with E-state index >= 15 is 0 Å². The Morgan fingerprint density at radius 2 is 1.90 bits per heavy atom. The number of para-hydroxylation sites is 1. The molecule has 5 nitrogen and oxygen atoms in total. The molecule has 21 heavy (non-hydrogen) atoms. The predicted octanol–water partition coefficient (Wildman–Crippen LogP) is 3.41. The summed E-state index contributed by atoms with van der Waals surface area (Å²) in [7, 11) is 0. The molecule has 0 unspecified atom stereocenters. The van der Waals surface area contributed by atoms with Crippen LogP contribution in [0.25, 0.3) is 0 Å². The number of aromatic hydroxyl groups is 1. The highest BCUT2D eigenvalue weighted by molar-refractivity contribution is 9.10. The van der Waals surface area contributed by atoms with Crippen LogP contribution in [0.2, 0.25) is 0 Å². The maximum atomic E-state index is 12.2. The van der Waals surface area contributed by atoms with E-state index < -0.39 is 11.9 Å². The fourth-order valence-electron chi connectivity index (χ4n) is 1.79. The number of hydrogen-bond acceptors (Lipinski definition) is 3. The summed E-state index contributed by atoms with van der Waals surface area (Å²) in [5.74, 6) is -1.70. The first-order valence-corrected chi connectivity index (χ1v) is 6.82. The SMILES string of the molecule is Cc1cccc(C(=O)Nc2cc(C(=O)O)ccc2Br)c1O. The number of halogens is 1. The zero-order valence-corrected chi connectivity index (χ0v) is 12.6. The smallest absolute Gasteiger partial charge is 0.335 e. The third kappa shape index (κ3) is 3.22. The molecule has 3 N–H and O–H groups in total. The zero-order valence-electron chi connectivity index (χ0n) is 11.1. The molecule has 2 aromatic rings. The number of phenolic OH excluding ortho intramolecular Hbond substituents is 1. The van der Waals surface area contributed by atoms with E-state index in [1.807, 2.05) is 0 Å². The van der Waals surface area contributed by atoms with Gasteiger partial charge in [-0.05, 0) is 52.7 Å². The maximum absolute atomic E-state index is 12.2. The number of carboxylic acid groups (broad SMARTS) is 1. The lowest BCUT2D eigenvalue weighted by Gasteiger charge is -2.10. The first-order chi connectivity index (χ1) is 9.90. The third-order valence-electron chi connectivity index (χ3n) is 2.94. The van der Waals surface area contributed by atoms with E-state index in [4.69, 9.17) is 5.11 Å². The molecule has 0 fully saturated rings. The highest BCUT2D eigenvalue weighted by Gasteiger charge is 2.15. The predicted molar refractivity (Wildman–Crippen MR) is 81.9 cm³/mol. The van der Waals surface area contributed by atoms with Gasteiger partial charge in [0.1, 0.15) is 5.75 Å². The minimum Gasteiger partial charge on any atom is -0.507 e. The van der Waals surface area contributed by atoms with Crippen LogP contribution in [0.3, 0.4) is 0 Å². The summed E-state index contributed by atoms with van der Waals surface area (Å²) in [5.41, 5.74) is 1.09. The molecule has 0 aromatic heterocycles. The van der Waals surface area contributed by atoms with E-state index in [2.05, 4.69) is 21.2 Å². The summed E-state index contributed by atoms with van der Waals surface area (Å²) >= 11 is 3.24. The van der Waals surface area contributed by atoms with Gasteiger partial charge in [0.25, 0.3) is 5.91 Å². The summed E-state index contributed by atoms with van der Waals surface area (Å²) in [4.78, 5) is 23.1. The van der Waals surface area contributed by atoms with Crippen LogP contribution in [-0.2, 0) is 0 Å². The molecule has 0 atom stereocenters. The van der Waals surface area contributed by atoms with Crippen LogP contribution < -0.4 is 5.32 Å². The zero-order chi connectivity index (χ0) is 15.6. The van der Waals surface area contributed by atoms with E-state index in [0.29, 0.717) is 15.7 Å². The molecular weight excluding hydrogens is 338 g/mol. The molecule has 0 spiro atoms. The van der Waals surface area contributed by atoms with Gasteiger partial charge in [0, 0.05) is 4.47 Å². The molecule has 0 aliphatic carbocycles. The minimum atomic E-state index is -1.09. The highest BCUT2D eigenvalue weighted by atomic mass is 79.9. The standard InChI is InChI=1S/C15H12BrNO4/c1-8-3-2-4-10(13(8)18)14(19)17-12-7-9(15(20)21)5-6-11(12)16/h2-7,18H,1H3,(H,17,19)(H,20,21). The van der Waals surface area contributed by atoms with Crippen molar-refractivity contribution in [1.29, 1.82) is 0 Å². The van der Waals surface area contributed by atoms with Crippen LogP contribution >= 0.6 is 15.9 Å². The summed E-state index contributed by atoms with van der Waals surface area (Å²) in [6.45, 7) is 1.69. The quantitative estimate of drug-likeness (QED) is 0.792. The topological polar surface area (TPSA) is 86.6 Å². The molecule has 0 radical (unpaired) electrons. The molecule has 0 saturated heterocycles. The van der Waals surface area contributed by atoms with Crippen molar-refractivity contribution in [3.05, 3.63) is 57.6 Å². The number of amides is 1. The number of aryl methyl sites for hydroxylation is 1. The van der Waals surface area contributed by atoms with Crippen molar-refractivity contribution >= 4 is 33.5 Å². The second-order valence-corrected chi connectivity index (χ2v) is 5.28. The number of aromatic carboxylic acids is 1. The number of carbonyl (C=O) groups is 2. The summed E-state index contributed by atoms with van der Waals surface area (Å²) in [6.07, 6.45) is 0. The van der Waals surface area contributed by atoms with Gasteiger partial charge >= 0.3 is 5.97 Å². The van der Waals surface area contributed by atoms with E-state index in [1.54, 1.807) is 19.1 Å². The first-order valence-electron chi connectivity index (χ1n) is 6.03. The Bertz CT molecular complexity index is 728. The molecule has 0 aliphatic heterocycles. The van der Waals surface area contributed by atoms with Gasteiger partial charge in [-0.25, -0.2) is 4.79 Å². The monoisotopic (exact) mass is 349 g/mol. The van der Waals surface area contributed by atoms with Crippen molar-refractivity contribution in [3.8, 4) is 5.75 Å². The second-order valence-electron chi connectivity index (χ2n) is 4.42. The van der Waals surface area contributed by atoms with Gasteiger partial charge in [-0.15, -0.1) is 0 Å². The first kappa shape index (κ1) is 15.1. The molecule has 2 rings (SSSR count). The number of anilines is 1. The molecule has 1 amide bonds. The number of phenols is 1. The minimum absolute atomic E-state index is 0.0574. The van der Waals surface area contributed by atoms with Gasteiger partial charge in [-0.3, -0.25) is 4.79 Å². The lowest BCUT2D eigenvalue weighted by atomic mass is 10.1. The molecular formula is C15H12BrNO4. The Labute approximate surface area is 129 Å². The molecule has 0 bridgehead atoms. The molecule has 2 aromatic carbocycles. The summed E-state index contributed by atoms with van der Waals surface area (Å²) < 4.78 is 0.549. The lowest BCUT2D eigenvalue weighted by Crippen LogP contribution is -2.13. The largest absolute Gasteiger partial charge is 0.507 e. The van der Waals surface area contributed by atoms with Crippen molar-refractivity contribution < 1.29 is 19.8 Å². The van der Waals surface area contributed by atoms with Crippen molar-refractivity contribution in [2.45, 2.75) is 6.92 Å². The molecule has 0 heterocycles. The van der Waals surface area contributed by atoms with Crippen LogP contribution in [0.4, 0.5) is 5.69 Å². The molecule has 108 valence electrons. The maximum Gasteiger partial charge on any atom is 0.335 e. The molecule has 0 aliphatic rings. The van der Waals surface area contributed by atoms with E-state index in [9.17, 15) is 14.7 Å². The van der Waals surface area contributed by atoms with Crippen molar-refractivity contribution in [2.75, 3.05) is 5.32 Å². The number of hydrogen-bond donors (Lipinski definition) is 3. The number of benzene rings is 2. The van der Waals surface area contributed by atoms with Gasteiger partial charge in [-0.1, -0.05) is 12.1 Å². The Morgan fingerprint density at radius 3 is 2.57 bits per heavy atom. The summed E-state index contributed by atoms with van der Waals surface area (Å²) in [6, 6.07) is 9.14. The Balaban J connectivity index is 2.33. The van der Waals surface area contributed by atoms with Gasteiger partial charge in [0.05, 0.1) is 16.8 Å². The number of rotatable bonds is 3. The molecule has 0 saturated carbocycles. The van der Waals surface area contributed by atoms with Crippen molar-refractivity contribution in [3.63, 3.8) is 0 Å². The lowest BCUT2D eigenvalue weighted by molar-refractivity contribution is 0.0696. The van der Waals surface area contributed by atoms with Gasteiger partial charge in [-0.2, -0.15) is 0 Å². The fourth-order valence-corrected chi connectivity index (χ4v) is 2.13. The van der Waals surface area contributed by atoms with Crippen LogP contribution in [-0.4, -0.2) is 22.1 Å². The van der Waals surface area contributed by atoms with Crippen LogP contribution in [0.5, 0.6) is 5.75 Å². The van der Waals surface area contributed by atoms with Crippen molar-refractivity contribution in [2.24, 2.45) is 0 Å². The normalized spacial score (nSPS) is 10.2. The highest BCUT2D eigenvalue weighted by Crippen LogP contribution is 2.27. The third-order valence-corrected chi connectivity index (χ3v) is 3.64. The number of carbonyl (C=O) groups excluding carboxylic acids is 1. The van der Waals surface area contributed by atoms with Gasteiger partial charge in [0.2, 0.25) is 0 Å². The van der Waals surface area contributed by atoms with E-state index in [-0.39, 0.29) is 16.9 Å². The van der Waals surface area contributed by atoms with Gasteiger partial charge in [0.15, 0.2) is 0 Å². The Morgan fingerprint density at radius 1 is 1.19 bits per heavy atom. The molecule has 6 heteroatoms. The van der Waals surface area contributed by atoms with Crippen LogP contribution in [0.1, 0.15) is 26.3 Å². The number of nitrogens with one attached hydrogen (secondary N) is 1. The number of carboxylic acids is 1. The fraction of sp³-hybridized carbons (Fsp3) is 0.0667.